The Labute approximate surface area is 158 Å². The Morgan fingerprint density at radius 3 is 2.29 bits per heavy atom. The van der Waals surface area contributed by atoms with Crippen molar-refractivity contribution in [2.24, 2.45) is 0 Å². The fourth-order valence-electron chi connectivity index (χ4n) is 2.69. The van der Waals surface area contributed by atoms with Gasteiger partial charge in [0.25, 0.3) is 5.56 Å². The molecule has 28 heavy (non-hydrogen) atoms. The number of pyridine rings is 2. The van der Waals surface area contributed by atoms with Gasteiger partial charge in [-0.1, -0.05) is 18.2 Å². The number of nitrogens with two attached hydrogens (primary N) is 1. The van der Waals surface area contributed by atoms with Crippen LogP contribution in [-0.4, -0.2) is 32.1 Å². The Bertz CT molecular complexity index is 1090. The maximum atomic E-state index is 12.0. The number of hydrogen-bond donors (Lipinski definition) is 4. The maximum Gasteiger partial charge on any atom is 0.342 e. The minimum absolute atomic E-state index is 0.206. The zero-order chi connectivity index (χ0) is 20.3. The van der Waals surface area contributed by atoms with Crippen LogP contribution in [0.25, 0.3) is 11.1 Å². The standard InChI is InChI=1S/C19H15N3O6/c20-16-14(18(24)25)13(15(19(26)27)17(23)22-16)10-4-6-12(7-5-10)28-9-11-3-1-2-8-21-11/h1-8H,9H2,(H,24,25)(H,26,27)(H3,20,22,23). The Balaban J connectivity index is 2.00. The van der Waals surface area contributed by atoms with Crippen molar-refractivity contribution in [3.8, 4) is 16.9 Å². The summed E-state index contributed by atoms with van der Waals surface area (Å²) in [5.74, 6) is -2.98. The molecule has 0 atom stereocenters. The van der Waals surface area contributed by atoms with E-state index in [9.17, 15) is 24.6 Å². The zero-order valence-electron chi connectivity index (χ0n) is 14.4. The van der Waals surface area contributed by atoms with Crippen molar-refractivity contribution in [1.29, 1.82) is 0 Å². The number of rotatable bonds is 6. The number of aromatic nitrogens is 2. The molecule has 0 amide bonds. The second kappa shape index (κ2) is 7.62. The van der Waals surface area contributed by atoms with Gasteiger partial charge in [-0.15, -0.1) is 0 Å². The van der Waals surface area contributed by atoms with Gasteiger partial charge in [-0.3, -0.25) is 9.78 Å². The van der Waals surface area contributed by atoms with E-state index in [2.05, 4.69) is 9.97 Å². The van der Waals surface area contributed by atoms with Crippen molar-refractivity contribution < 1.29 is 24.5 Å². The molecule has 0 saturated heterocycles. The van der Waals surface area contributed by atoms with Crippen molar-refractivity contribution in [3.63, 3.8) is 0 Å². The van der Waals surface area contributed by atoms with Crippen LogP contribution in [0.15, 0.2) is 53.5 Å². The number of carboxylic acid groups (broad SMARTS) is 2. The van der Waals surface area contributed by atoms with E-state index in [-0.39, 0.29) is 17.7 Å². The van der Waals surface area contributed by atoms with Crippen LogP contribution in [0.4, 0.5) is 5.82 Å². The smallest absolute Gasteiger partial charge is 0.342 e. The summed E-state index contributed by atoms with van der Waals surface area (Å²) in [6.45, 7) is 0.221. The van der Waals surface area contributed by atoms with E-state index in [4.69, 9.17) is 10.5 Å². The monoisotopic (exact) mass is 381 g/mol. The number of nitrogens with one attached hydrogen (secondary N) is 1. The molecule has 0 bridgehead atoms. The highest BCUT2D eigenvalue weighted by atomic mass is 16.5. The summed E-state index contributed by atoms with van der Waals surface area (Å²) < 4.78 is 5.60. The van der Waals surface area contributed by atoms with Crippen LogP contribution >= 0.6 is 0 Å². The van der Waals surface area contributed by atoms with Crippen molar-refractivity contribution in [2.75, 3.05) is 5.73 Å². The predicted octanol–water partition coefficient (Wildman–Crippen LogP) is 1.99. The largest absolute Gasteiger partial charge is 0.487 e. The Hall–Kier alpha value is -4.14. The number of carboxylic acids is 2. The Morgan fingerprint density at radius 2 is 1.71 bits per heavy atom. The van der Waals surface area contributed by atoms with Gasteiger partial charge < -0.3 is 25.7 Å². The summed E-state index contributed by atoms with van der Waals surface area (Å²) in [7, 11) is 0. The number of hydrogen-bond acceptors (Lipinski definition) is 6. The molecular formula is C19H15N3O6. The molecule has 0 radical (unpaired) electrons. The molecule has 0 unspecified atom stereocenters. The molecule has 0 aliphatic heterocycles. The molecule has 9 heteroatoms. The summed E-state index contributed by atoms with van der Waals surface area (Å²) in [4.78, 5) is 41.4. The molecule has 0 aliphatic rings. The first-order chi connectivity index (χ1) is 13.4. The van der Waals surface area contributed by atoms with Crippen molar-refractivity contribution in [2.45, 2.75) is 6.61 Å². The first-order valence-electron chi connectivity index (χ1n) is 8.04. The first kappa shape index (κ1) is 18.6. The first-order valence-corrected chi connectivity index (χ1v) is 8.04. The van der Waals surface area contributed by atoms with Crippen LogP contribution in [0.1, 0.15) is 26.4 Å². The normalized spacial score (nSPS) is 10.4. The number of ether oxygens (including phenoxy) is 1. The van der Waals surface area contributed by atoms with E-state index >= 15 is 0 Å². The molecule has 0 saturated carbocycles. The molecule has 3 rings (SSSR count). The van der Waals surface area contributed by atoms with E-state index in [0.717, 1.165) is 5.69 Å². The fraction of sp³-hybridized carbons (Fsp3) is 0.0526. The highest BCUT2D eigenvalue weighted by Crippen LogP contribution is 2.30. The number of aromatic carboxylic acids is 2. The van der Waals surface area contributed by atoms with Crippen LogP contribution in [-0.2, 0) is 6.61 Å². The van der Waals surface area contributed by atoms with Gasteiger partial charge in [0.05, 0.1) is 5.69 Å². The lowest BCUT2D eigenvalue weighted by Gasteiger charge is -2.13. The molecule has 2 heterocycles. The number of nitrogen functional groups attached to an aromatic ring is 1. The van der Waals surface area contributed by atoms with Gasteiger partial charge in [0.15, 0.2) is 0 Å². The second-order valence-electron chi connectivity index (χ2n) is 5.74. The molecule has 0 fully saturated rings. The summed E-state index contributed by atoms with van der Waals surface area (Å²) in [6.07, 6.45) is 1.64. The fourth-order valence-corrected chi connectivity index (χ4v) is 2.69. The highest BCUT2D eigenvalue weighted by molar-refractivity contribution is 6.07. The summed E-state index contributed by atoms with van der Waals surface area (Å²) in [5, 5.41) is 18.8. The highest BCUT2D eigenvalue weighted by Gasteiger charge is 2.26. The Morgan fingerprint density at radius 1 is 1.04 bits per heavy atom. The molecule has 2 aromatic heterocycles. The van der Waals surface area contributed by atoms with Crippen molar-refractivity contribution in [3.05, 3.63) is 75.8 Å². The third-order valence-electron chi connectivity index (χ3n) is 3.93. The predicted molar refractivity (Wildman–Crippen MR) is 99.4 cm³/mol. The van der Waals surface area contributed by atoms with E-state index in [0.29, 0.717) is 5.75 Å². The second-order valence-corrected chi connectivity index (χ2v) is 5.74. The number of nitrogens with zero attached hydrogens (tertiary/aromatic N) is 1. The average molecular weight is 381 g/mol. The number of aromatic amines is 1. The lowest BCUT2D eigenvalue weighted by Crippen LogP contribution is -2.24. The lowest BCUT2D eigenvalue weighted by molar-refractivity contribution is 0.0695. The minimum atomic E-state index is -1.56. The molecular weight excluding hydrogens is 366 g/mol. The van der Waals surface area contributed by atoms with Gasteiger partial charge in [-0.25, -0.2) is 9.59 Å². The molecule has 5 N–H and O–H groups in total. The average Bonchev–Trinajstić information content (AvgIpc) is 2.66. The minimum Gasteiger partial charge on any atom is -0.487 e. The van der Waals surface area contributed by atoms with Gasteiger partial charge in [-0.05, 0) is 29.8 Å². The summed E-state index contributed by atoms with van der Waals surface area (Å²) in [5.41, 5.74) is 4.10. The maximum absolute atomic E-state index is 12.0. The Kier molecular flexibility index (Phi) is 5.07. The number of benzene rings is 1. The van der Waals surface area contributed by atoms with Crippen LogP contribution in [0.2, 0.25) is 0 Å². The van der Waals surface area contributed by atoms with Crippen molar-refractivity contribution >= 4 is 17.8 Å². The third kappa shape index (κ3) is 3.68. The summed E-state index contributed by atoms with van der Waals surface area (Å²) in [6, 6.07) is 11.4. The van der Waals surface area contributed by atoms with E-state index in [1.165, 1.54) is 24.3 Å². The van der Waals surface area contributed by atoms with Crippen LogP contribution in [0.3, 0.4) is 0 Å². The molecule has 3 aromatic rings. The number of carbonyl (C=O) groups is 2. The van der Waals surface area contributed by atoms with E-state index in [1.807, 2.05) is 6.07 Å². The molecule has 0 aliphatic carbocycles. The van der Waals surface area contributed by atoms with Gasteiger partial charge in [0.2, 0.25) is 0 Å². The molecule has 142 valence electrons. The van der Waals surface area contributed by atoms with Gasteiger partial charge in [-0.2, -0.15) is 0 Å². The molecule has 0 spiro atoms. The van der Waals surface area contributed by atoms with Crippen LogP contribution in [0, 0.1) is 0 Å². The quantitative estimate of drug-likeness (QED) is 0.505. The van der Waals surface area contributed by atoms with Crippen LogP contribution < -0.4 is 16.0 Å². The van der Waals surface area contributed by atoms with Crippen molar-refractivity contribution in [1.82, 2.24) is 9.97 Å². The van der Waals surface area contributed by atoms with E-state index in [1.54, 1.807) is 18.3 Å². The molecule has 1 aromatic carbocycles. The molecule has 9 nitrogen and oxygen atoms in total. The topological polar surface area (TPSA) is 156 Å². The van der Waals surface area contributed by atoms with E-state index < -0.39 is 34.4 Å². The number of H-pyrrole nitrogens is 1. The third-order valence-corrected chi connectivity index (χ3v) is 3.93. The SMILES string of the molecule is Nc1[nH]c(=O)c(C(=O)O)c(-c2ccc(OCc3ccccn3)cc2)c1C(=O)O. The zero-order valence-corrected chi connectivity index (χ0v) is 14.4. The lowest BCUT2D eigenvalue weighted by atomic mass is 9.95. The van der Waals surface area contributed by atoms with Crippen LogP contribution in [0.5, 0.6) is 5.75 Å². The van der Waals surface area contributed by atoms with Gasteiger partial charge in [0.1, 0.15) is 29.3 Å². The number of anilines is 1. The summed E-state index contributed by atoms with van der Waals surface area (Å²) >= 11 is 0. The van der Waals surface area contributed by atoms with Gasteiger partial charge >= 0.3 is 11.9 Å². The van der Waals surface area contributed by atoms with Gasteiger partial charge in [0, 0.05) is 11.8 Å².